The molecule has 0 aliphatic carbocycles. The zero-order valence-corrected chi connectivity index (χ0v) is 17.5. The number of carbonyl (C=O) groups excluding carboxylic acids is 1. The highest BCUT2D eigenvalue weighted by molar-refractivity contribution is 6.30. The largest absolute Gasteiger partial charge is 0.376 e. The maximum Gasteiger partial charge on any atom is 0.322 e. The number of aromatic nitrogens is 1. The van der Waals surface area contributed by atoms with E-state index in [2.05, 4.69) is 10.3 Å². The van der Waals surface area contributed by atoms with Crippen LogP contribution in [0.3, 0.4) is 0 Å². The van der Waals surface area contributed by atoms with Gasteiger partial charge in [-0.3, -0.25) is 4.79 Å². The minimum Gasteiger partial charge on any atom is -0.376 e. The second kappa shape index (κ2) is 8.90. The number of halogens is 1. The van der Waals surface area contributed by atoms with Crippen molar-refractivity contribution in [2.75, 3.05) is 18.5 Å². The predicted molar refractivity (Wildman–Crippen MR) is 119 cm³/mol. The van der Waals surface area contributed by atoms with Crippen molar-refractivity contribution in [2.45, 2.75) is 32.4 Å². The number of urea groups is 1. The Morgan fingerprint density at radius 2 is 2.10 bits per heavy atom. The van der Waals surface area contributed by atoms with Crippen molar-refractivity contribution >= 4 is 34.2 Å². The number of aryl methyl sites for hydroxylation is 1. The summed E-state index contributed by atoms with van der Waals surface area (Å²) in [5.41, 5.74) is 2.77. The van der Waals surface area contributed by atoms with Crippen molar-refractivity contribution in [3.05, 3.63) is 75.0 Å². The van der Waals surface area contributed by atoms with Crippen LogP contribution >= 0.6 is 11.6 Å². The van der Waals surface area contributed by atoms with Crippen LogP contribution in [-0.2, 0) is 11.3 Å². The highest BCUT2D eigenvalue weighted by Crippen LogP contribution is 2.20. The Morgan fingerprint density at radius 1 is 1.27 bits per heavy atom. The topological polar surface area (TPSA) is 74.4 Å². The number of H-pyrrole nitrogens is 1. The van der Waals surface area contributed by atoms with E-state index in [0.717, 1.165) is 29.3 Å². The summed E-state index contributed by atoms with van der Waals surface area (Å²) < 4.78 is 5.73. The summed E-state index contributed by atoms with van der Waals surface area (Å²) in [6.07, 6.45) is 1.84. The van der Waals surface area contributed by atoms with Gasteiger partial charge in [0.25, 0.3) is 5.56 Å². The summed E-state index contributed by atoms with van der Waals surface area (Å²) in [5, 5.41) is 4.36. The molecule has 1 aliphatic heterocycles. The molecule has 3 aromatic rings. The molecule has 7 heteroatoms. The molecule has 1 saturated heterocycles. The van der Waals surface area contributed by atoms with Crippen molar-refractivity contribution in [3.63, 3.8) is 0 Å². The minimum absolute atomic E-state index is 0.0307. The number of fused-ring (bicyclic) bond motifs is 1. The third kappa shape index (κ3) is 4.66. The lowest BCUT2D eigenvalue weighted by Crippen LogP contribution is -2.40. The number of pyridine rings is 1. The van der Waals surface area contributed by atoms with Crippen molar-refractivity contribution in [1.82, 2.24) is 9.88 Å². The Bertz CT molecular complexity index is 1120. The number of para-hydroxylation sites is 1. The minimum atomic E-state index is -0.295. The summed E-state index contributed by atoms with van der Waals surface area (Å²) in [4.78, 5) is 30.4. The first kappa shape index (κ1) is 20.4. The van der Waals surface area contributed by atoms with Gasteiger partial charge < -0.3 is 19.9 Å². The smallest absolute Gasteiger partial charge is 0.322 e. The molecule has 4 rings (SSSR count). The number of anilines is 1. The molecule has 0 saturated carbocycles. The number of benzene rings is 2. The number of nitrogens with zero attached hydrogens (tertiary/aromatic N) is 1. The Balaban J connectivity index is 1.60. The fraction of sp³-hybridized carbons (Fsp3) is 0.304. The van der Waals surface area contributed by atoms with Crippen LogP contribution in [0.1, 0.15) is 24.0 Å². The van der Waals surface area contributed by atoms with Crippen LogP contribution in [-0.4, -0.2) is 35.2 Å². The van der Waals surface area contributed by atoms with Gasteiger partial charge in [-0.15, -0.1) is 0 Å². The number of rotatable bonds is 5. The summed E-state index contributed by atoms with van der Waals surface area (Å²) >= 11 is 6.03. The number of aromatic amines is 1. The van der Waals surface area contributed by atoms with Gasteiger partial charge in [0.1, 0.15) is 0 Å². The molecule has 0 spiro atoms. The van der Waals surface area contributed by atoms with Gasteiger partial charge >= 0.3 is 6.03 Å². The van der Waals surface area contributed by atoms with Crippen LogP contribution < -0.4 is 10.9 Å². The summed E-state index contributed by atoms with van der Waals surface area (Å²) in [6, 6.07) is 14.4. The summed E-state index contributed by atoms with van der Waals surface area (Å²) in [7, 11) is 0. The molecular weight excluding hydrogens is 402 g/mol. The Hall–Kier alpha value is -2.83. The van der Waals surface area contributed by atoms with E-state index in [9.17, 15) is 9.59 Å². The lowest BCUT2D eigenvalue weighted by Gasteiger charge is -2.26. The van der Waals surface area contributed by atoms with Crippen LogP contribution in [0.5, 0.6) is 0 Å². The van der Waals surface area contributed by atoms with Gasteiger partial charge in [-0.2, -0.15) is 0 Å². The number of amides is 2. The molecule has 2 N–H and O–H groups in total. The number of ether oxygens (including phenoxy) is 1. The van der Waals surface area contributed by atoms with Gasteiger partial charge in [0.05, 0.1) is 18.2 Å². The summed E-state index contributed by atoms with van der Waals surface area (Å²) in [6.45, 7) is 3.26. The molecule has 1 aliphatic rings. The van der Waals surface area contributed by atoms with Crippen molar-refractivity contribution in [1.29, 1.82) is 0 Å². The van der Waals surface area contributed by atoms with Crippen molar-refractivity contribution in [2.24, 2.45) is 0 Å². The second-order valence-electron chi connectivity index (χ2n) is 7.62. The second-order valence-corrected chi connectivity index (χ2v) is 8.06. The highest BCUT2D eigenvalue weighted by atomic mass is 35.5. The molecule has 1 atom stereocenters. The Morgan fingerprint density at radius 3 is 2.87 bits per heavy atom. The van der Waals surface area contributed by atoms with Gasteiger partial charge in [-0.05, 0) is 55.0 Å². The van der Waals surface area contributed by atoms with Crippen LogP contribution in [0, 0.1) is 6.92 Å². The fourth-order valence-electron chi connectivity index (χ4n) is 3.77. The number of hydrogen-bond acceptors (Lipinski definition) is 3. The van der Waals surface area contributed by atoms with Crippen LogP contribution in [0.2, 0.25) is 5.02 Å². The van der Waals surface area contributed by atoms with Crippen molar-refractivity contribution < 1.29 is 9.53 Å². The van der Waals surface area contributed by atoms with Crippen molar-refractivity contribution in [3.8, 4) is 0 Å². The molecule has 1 aromatic heterocycles. The van der Waals surface area contributed by atoms with E-state index < -0.39 is 0 Å². The molecule has 0 radical (unpaired) electrons. The Kier molecular flexibility index (Phi) is 6.06. The van der Waals surface area contributed by atoms with Crippen LogP contribution in [0.4, 0.5) is 10.5 Å². The molecule has 156 valence electrons. The zero-order valence-electron chi connectivity index (χ0n) is 16.8. The molecule has 0 unspecified atom stereocenters. The predicted octanol–water partition coefficient (Wildman–Crippen LogP) is 4.70. The van der Waals surface area contributed by atoms with E-state index in [-0.39, 0.29) is 24.2 Å². The monoisotopic (exact) mass is 425 g/mol. The number of carbonyl (C=O) groups is 1. The van der Waals surface area contributed by atoms with Crippen LogP contribution in [0.25, 0.3) is 10.9 Å². The first-order valence-corrected chi connectivity index (χ1v) is 10.4. The SMILES string of the molecule is Cc1cccc2cc(CN(C[C@H]3CCCO3)C(=O)Nc3cccc(Cl)c3)c(=O)[nH]c12. The fourth-order valence-corrected chi connectivity index (χ4v) is 3.96. The van der Waals surface area contributed by atoms with E-state index in [4.69, 9.17) is 16.3 Å². The van der Waals surface area contributed by atoms with E-state index in [1.807, 2.05) is 31.2 Å². The van der Waals surface area contributed by atoms with Gasteiger partial charge in [0.15, 0.2) is 0 Å². The normalized spacial score (nSPS) is 16.0. The third-order valence-electron chi connectivity index (χ3n) is 5.34. The van der Waals surface area contributed by atoms with E-state index in [0.29, 0.717) is 29.4 Å². The van der Waals surface area contributed by atoms with Crippen LogP contribution in [0.15, 0.2) is 53.3 Å². The maximum atomic E-state index is 13.0. The van der Waals surface area contributed by atoms with E-state index >= 15 is 0 Å². The lowest BCUT2D eigenvalue weighted by atomic mass is 10.1. The molecule has 1 fully saturated rings. The molecule has 0 bridgehead atoms. The zero-order chi connectivity index (χ0) is 21.1. The molecule has 2 heterocycles. The van der Waals surface area contributed by atoms with Gasteiger partial charge in [0, 0.05) is 29.4 Å². The molecule has 6 nitrogen and oxygen atoms in total. The van der Waals surface area contributed by atoms with E-state index in [1.165, 1.54) is 0 Å². The Labute approximate surface area is 179 Å². The standard InChI is InChI=1S/C23H24ClN3O3/c1-15-5-2-6-16-11-17(22(28)26-21(15)16)13-27(14-20-9-4-10-30-20)23(29)25-19-8-3-7-18(24)12-19/h2-3,5-8,11-12,20H,4,9-10,13-14H2,1H3,(H,25,29)(H,26,28)/t20-/m1/s1. The average Bonchev–Trinajstić information content (AvgIpc) is 3.22. The van der Waals surface area contributed by atoms with E-state index in [1.54, 1.807) is 29.2 Å². The quantitative estimate of drug-likeness (QED) is 0.622. The van der Waals surface area contributed by atoms with Gasteiger partial charge in [0.2, 0.25) is 0 Å². The van der Waals surface area contributed by atoms with Gasteiger partial charge in [-0.25, -0.2) is 4.79 Å². The average molecular weight is 426 g/mol. The molecular formula is C23H24ClN3O3. The molecule has 2 amide bonds. The first-order valence-electron chi connectivity index (χ1n) is 10.0. The van der Waals surface area contributed by atoms with Gasteiger partial charge in [-0.1, -0.05) is 35.9 Å². The third-order valence-corrected chi connectivity index (χ3v) is 5.57. The first-order chi connectivity index (χ1) is 14.5. The lowest BCUT2D eigenvalue weighted by molar-refractivity contribution is 0.0818. The maximum absolute atomic E-state index is 13.0. The number of hydrogen-bond donors (Lipinski definition) is 2. The molecule has 30 heavy (non-hydrogen) atoms. The highest BCUT2D eigenvalue weighted by Gasteiger charge is 2.24. The number of nitrogens with one attached hydrogen (secondary N) is 2. The summed E-state index contributed by atoms with van der Waals surface area (Å²) in [5.74, 6) is 0. The molecule has 2 aromatic carbocycles.